The summed E-state index contributed by atoms with van der Waals surface area (Å²) in [6, 6.07) is 35.8. The second-order valence-corrected chi connectivity index (χ2v) is 17.5. The van der Waals surface area contributed by atoms with E-state index in [1.807, 2.05) is 79.7 Å². The average Bonchev–Trinajstić information content (AvgIpc) is 3.31. The number of hydrogen-bond acceptors (Lipinski definition) is 20. The van der Waals surface area contributed by atoms with Crippen molar-refractivity contribution in [2.75, 3.05) is 52.4 Å². The Balaban J connectivity index is 0.00000103. The van der Waals surface area contributed by atoms with Gasteiger partial charge in [0.15, 0.2) is 5.16 Å². The lowest BCUT2D eigenvalue weighted by atomic mass is 10.1. The number of rotatable bonds is 17. The van der Waals surface area contributed by atoms with Crippen LogP contribution in [-0.4, -0.2) is 85.1 Å². The van der Waals surface area contributed by atoms with E-state index in [1.165, 1.54) is 17.8 Å². The van der Waals surface area contributed by atoms with E-state index in [2.05, 4.69) is 70.5 Å². The normalized spacial score (nSPS) is 11.2. The van der Waals surface area contributed by atoms with E-state index < -0.39 is 31.3 Å². The van der Waals surface area contributed by atoms with E-state index in [-0.39, 0.29) is 22.5 Å². The summed E-state index contributed by atoms with van der Waals surface area (Å²) in [5.74, 6) is 1.23. The van der Waals surface area contributed by atoms with Crippen LogP contribution in [0.15, 0.2) is 146 Å². The van der Waals surface area contributed by atoms with Gasteiger partial charge in [-0.3, -0.25) is 4.55 Å². The topological polar surface area (TPSA) is 275 Å². The quantitative estimate of drug-likeness (QED) is 0.0434. The Morgan fingerprint density at radius 3 is 1.49 bits per heavy atom. The molecule has 0 radical (unpaired) electrons. The third kappa shape index (κ3) is 14.9. The molecular weight excluding hydrogens is 967 g/mol. The van der Waals surface area contributed by atoms with Gasteiger partial charge in [0.25, 0.3) is 10.1 Å². The molecule has 0 aliphatic carbocycles. The molecule has 3 N–H and O–H groups in total. The minimum Gasteiger partial charge on any atom is -0.372 e. The second-order valence-electron chi connectivity index (χ2n) is 14.1. The molecule has 0 fully saturated rings. The molecule has 0 bridgehead atoms. The van der Waals surface area contributed by atoms with Crippen LogP contribution in [0.3, 0.4) is 0 Å². The van der Waals surface area contributed by atoms with Crippen molar-refractivity contribution in [1.82, 2.24) is 15.0 Å². The highest BCUT2D eigenvalue weighted by Crippen LogP contribution is 2.39. The van der Waals surface area contributed by atoms with Crippen molar-refractivity contribution >= 4 is 122 Å². The van der Waals surface area contributed by atoms with E-state index in [0.717, 1.165) is 59.4 Å². The maximum Gasteiger partial charge on any atom is 0.425 e. The van der Waals surface area contributed by atoms with Crippen LogP contribution in [0.25, 0.3) is 21.5 Å². The van der Waals surface area contributed by atoms with Gasteiger partial charge in [-0.15, -0.1) is 45.7 Å². The van der Waals surface area contributed by atoms with E-state index >= 15 is 0 Å². The Morgan fingerprint density at radius 1 is 0.551 bits per heavy atom. The molecule has 0 aliphatic rings. The highest BCUT2D eigenvalue weighted by atomic mass is 32.2. The van der Waals surface area contributed by atoms with Crippen LogP contribution in [0.2, 0.25) is 0 Å². The van der Waals surface area contributed by atoms with Gasteiger partial charge in [-0.25, -0.2) is 0 Å². The van der Waals surface area contributed by atoms with Crippen LogP contribution in [0.1, 0.15) is 34.6 Å². The lowest BCUT2D eigenvalue weighted by Gasteiger charge is -2.22. The average molecular weight is 1010 g/mol. The highest BCUT2D eigenvalue weighted by Gasteiger charge is 2.19. The monoisotopic (exact) mass is 1010 g/mol. The highest BCUT2D eigenvalue weighted by molar-refractivity contribution is 7.99. The zero-order chi connectivity index (χ0) is 50.1. The maximum absolute atomic E-state index is 12.5. The van der Waals surface area contributed by atoms with E-state index in [0.29, 0.717) is 39.0 Å². The molecule has 20 nitrogen and oxygen atoms in total. The van der Waals surface area contributed by atoms with Gasteiger partial charge in [-0.05, 0) is 92.8 Å². The second kappa shape index (κ2) is 25.2. The minimum atomic E-state index is -4.62. The molecule has 0 unspecified atom stereocenters. The van der Waals surface area contributed by atoms with Gasteiger partial charge in [0.2, 0.25) is 11.9 Å². The summed E-state index contributed by atoms with van der Waals surface area (Å²) in [7, 11) is -10.8. The Labute approximate surface area is 405 Å². The summed E-state index contributed by atoms with van der Waals surface area (Å²) in [6.45, 7) is 13.5. The molecule has 69 heavy (non-hydrogen) atoms. The SMILES string of the molecule is CCSc1nc(Nc2cc(N(CC)CC)ccc2N=Nc2cccc3ccccc23)nc(Nc2cc(N(CC)CC)ccc2N=Nc2c(S(=O)(=O)O)ccc3ccccc23)n1.O=S(=O)=O.O=S(=O)=O. The summed E-state index contributed by atoms with van der Waals surface area (Å²) in [5.41, 5.74) is 4.83. The fourth-order valence-corrected chi connectivity index (χ4v) is 8.15. The molecule has 1 heterocycles. The molecule has 24 heteroatoms. The molecule has 0 saturated carbocycles. The van der Waals surface area contributed by atoms with E-state index in [4.69, 9.17) is 50.4 Å². The van der Waals surface area contributed by atoms with Crippen molar-refractivity contribution in [3.8, 4) is 0 Å². The number of nitrogens with one attached hydrogen (secondary N) is 2. The van der Waals surface area contributed by atoms with Gasteiger partial charge >= 0.3 is 21.2 Å². The lowest BCUT2D eigenvalue weighted by Crippen LogP contribution is -2.21. The van der Waals surface area contributed by atoms with Gasteiger partial charge < -0.3 is 20.4 Å². The fourth-order valence-electron chi connectivity index (χ4n) is 6.95. The molecule has 7 rings (SSSR count). The van der Waals surface area contributed by atoms with Crippen LogP contribution in [0, 0.1) is 0 Å². The van der Waals surface area contributed by atoms with Crippen molar-refractivity contribution in [3.63, 3.8) is 0 Å². The Kier molecular flexibility index (Phi) is 19.3. The Hall–Kier alpha value is -7.25. The fraction of sp³-hybridized carbons (Fsp3) is 0.222. The number of fused-ring (bicyclic) bond motifs is 2. The van der Waals surface area contributed by atoms with Crippen molar-refractivity contribution in [2.45, 2.75) is 44.7 Å². The van der Waals surface area contributed by atoms with Crippen LogP contribution >= 0.6 is 11.8 Å². The predicted molar refractivity (Wildman–Crippen MR) is 268 cm³/mol. The molecule has 0 saturated heterocycles. The molecule has 6 aromatic carbocycles. The van der Waals surface area contributed by atoms with E-state index in [9.17, 15) is 13.0 Å². The summed E-state index contributed by atoms with van der Waals surface area (Å²) < 4.78 is 85.8. The summed E-state index contributed by atoms with van der Waals surface area (Å²) in [5, 5.41) is 29.1. The first-order valence-corrected chi connectivity index (χ1v) is 25.6. The first kappa shape index (κ1) is 52.7. The molecule has 0 aliphatic heterocycles. The number of anilines is 6. The molecule has 1 aromatic heterocycles. The Morgan fingerprint density at radius 2 is 1.00 bits per heavy atom. The number of nitrogens with zero attached hydrogens (tertiary/aromatic N) is 9. The standard InChI is InChI=1S/C45H47N11O3S2.2O3S/c1-6-55(7-2)32-23-25-37(52-51-36-21-15-18-30-16-11-13-19-34(30)36)39(28-32)46-43-48-44(50-45(49-43)60-10-5)47-40-29-33(56(8-3)9-4)24-26-38(40)53-54-42-35-20-14-12-17-31(35)22-27-41(42)61(57,58)59;2*1-4(2)3/h11-29H,6-10H2,1-5H3,(H,57,58,59)(H2,46,47,48,49,50);;. The molecule has 0 spiro atoms. The minimum absolute atomic E-state index is 0.0213. The van der Waals surface area contributed by atoms with Crippen molar-refractivity contribution in [2.24, 2.45) is 20.5 Å². The Bertz CT molecular complexity index is 3290. The van der Waals surface area contributed by atoms with Crippen LogP contribution < -0.4 is 20.4 Å². The van der Waals surface area contributed by atoms with Crippen molar-refractivity contribution in [1.29, 1.82) is 0 Å². The maximum atomic E-state index is 12.5. The van der Waals surface area contributed by atoms with Gasteiger partial charge in [0, 0.05) is 48.3 Å². The molecule has 360 valence electrons. The summed E-state index contributed by atoms with van der Waals surface area (Å²) >= 11 is 1.46. The first-order chi connectivity index (χ1) is 33.1. The lowest BCUT2D eigenvalue weighted by molar-refractivity contribution is 0.483. The van der Waals surface area contributed by atoms with Crippen LogP contribution in [-0.2, 0) is 31.3 Å². The zero-order valence-electron chi connectivity index (χ0n) is 37.9. The van der Waals surface area contributed by atoms with Gasteiger partial charge in [0.05, 0.1) is 17.1 Å². The largest absolute Gasteiger partial charge is 0.425 e. The molecular formula is C45H47N11O9S4. The third-order valence-electron chi connectivity index (χ3n) is 10.0. The first-order valence-electron chi connectivity index (χ1n) is 21.1. The van der Waals surface area contributed by atoms with Gasteiger partial charge in [-0.2, -0.15) is 23.4 Å². The van der Waals surface area contributed by atoms with Crippen LogP contribution in [0.4, 0.5) is 57.4 Å². The van der Waals surface area contributed by atoms with Gasteiger partial charge in [-0.1, -0.05) is 85.4 Å². The summed E-state index contributed by atoms with van der Waals surface area (Å²) in [4.78, 5) is 18.5. The number of benzene rings is 6. The number of thioether (sulfide) groups is 1. The number of aromatic nitrogens is 3. The smallest absolute Gasteiger partial charge is 0.372 e. The predicted octanol–water partition coefficient (Wildman–Crippen LogP) is 10.5. The van der Waals surface area contributed by atoms with Crippen molar-refractivity contribution < 1.29 is 38.2 Å². The third-order valence-corrected chi connectivity index (χ3v) is 11.6. The molecule has 7 aromatic rings. The number of azo groups is 2. The van der Waals surface area contributed by atoms with Crippen LogP contribution in [0.5, 0.6) is 0 Å². The molecule has 0 amide bonds. The van der Waals surface area contributed by atoms with E-state index in [1.54, 1.807) is 24.3 Å². The zero-order valence-corrected chi connectivity index (χ0v) is 41.1. The molecule has 0 atom stereocenters. The number of hydrogen-bond donors (Lipinski definition) is 3. The van der Waals surface area contributed by atoms with Crippen molar-refractivity contribution in [3.05, 3.63) is 115 Å². The summed E-state index contributed by atoms with van der Waals surface area (Å²) in [6.07, 6.45) is 0. The van der Waals surface area contributed by atoms with Gasteiger partial charge in [0.1, 0.15) is 22.0 Å².